The van der Waals surface area contributed by atoms with Gasteiger partial charge in [-0.25, -0.2) is 0 Å². The zero-order chi connectivity index (χ0) is 15.7. The molecule has 1 aromatic heterocycles. The van der Waals surface area contributed by atoms with Gasteiger partial charge in [0, 0.05) is 28.7 Å². The van der Waals surface area contributed by atoms with E-state index in [1.54, 1.807) is 6.21 Å². The van der Waals surface area contributed by atoms with Crippen LogP contribution in [0.2, 0.25) is 0 Å². The number of aryl methyl sites for hydroxylation is 1. The molecule has 0 bridgehead atoms. The minimum absolute atomic E-state index is 0.0687. The van der Waals surface area contributed by atoms with Crippen molar-refractivity contribution in [3.8, 4) is 17.2 Å². The zero-order valence-corrected chi connectivity index (χ0v) is 12.4. The molecule has 2 heterocycles. The lowest BCUT2D eigenvalue weighted by molar-refractivity contribution is 0.174. The van der Waals surface area contributed by atoms with E-state index in [9.17, 15) is 0 Å². The van der Waals surface area contributed by atoms with E-state index >= 15 is 0 Å². The summed E-state index contributed by atoms with van der Waals surface area (Å²) in [5.41, 5.74) is 14.6. The second kappa shape index (κ2) is 5.44. The lowest BCUT2D eigenvalue weighted by Crippen LogP contribution is -2.21. The number of hydrogen-bond acceptors (Lipinski definition) is 4. The van der Waals surface area contributed by atoms with Crippen LogP contribution in [0.1, 0.15) is 17.0 Å². The molecule has 7 nitrogen and oxygen atoms in total. The van der Waals surface area contributed by atoms with Gasteiger partial charge in [-0.05, 0) is 32.0 Å². The van der Waals surface area contributed by atoms with Gasteiger partial charge in [-0.15, -0.1) is 5.10 Å². The van der Waals surface area contributed by atoms with Crippen LogP contribution in [0.5, 0.6) is 11.5 Å². The molecule has 0 saturated carbocycles. The highest BCUT2D eigenvalue weighted by atomic mass is 16.7. The Morgan fingerprint density at radius 2 is 1.95 bits per heavy atom. The Labute approximate surface area is 127 Å². The molecule has 114 valence electrons. The summed E-state index contributed by atoms with van der Waals surface area (Å²) in [6.07, 6.45) is 1.63. The van der Waals surface area contributed by atoms with Gasteiger partial charge in [0.1, 0.15) is 0 Å². The molecule has 1 aliphatic heterocycles. The maximum Gasteiger partial charge on any atom is 0.231 e. The number of ether oxygens (including phenoxy) is 2. The predicted octanol–water partition coefficient (Wildman–Crippen LogP) is 1.43. The largest absolute Gasteiger partial charge is 0.454 e. The van der Waals surface area contributed by atoms with Gasteiger partial charge >= 0.3 is 0 Å². The monoisotopic (exact) mass is 299 g/mol. The average molecular weight is 299 g/mol. The number of guanidine groups is 1. The molecule has 0 unspecified atom stereocenters. The van der Waals surface area contributed by atoms with Crippen LogP contribution in [0.25, 0.3) is 5.69 Å². The Morgan fingerprint density at radius 1 is 1.18 bits per heavy atom. The molecule has 1 aliphatic rings. The molecule has 0 atom stereocenters. The third-order valence-corrected chi connectivity index (χ3v) is 3.45. The third kappa shape index (κ3) is 2.48. The molecule has 0 spiro atoms. The number of rotatable bonds is 3. The molecule has 0 radical (unpaired) electrons. The van der Waals surface area contributed by atoms with Crippen molar-refractivity contribution < 1.29 is 9.47 Å². The molecule has 0 aliphatic carbocycles. The van der Waals surface area contributed by atoms with Gasteiger partial charge in [0.05, 0.1) is 6.21 Å². The molecule has 4 N–H and O–H groups in total. The first-order valence-corrected chi connectivity index (χ1v) is 6.77. The smallest absolute Gasteiger partial charge is 0.231 e. The Balaban J connectivity index is 1.99. The first-order chi connectivity index (χ1) is 10.6. The molecule has 0 amide bonds. The predicted molar refractivity (Wildman–Crippen MR) is 84.8 cm³/mol. The molecular weight excluding hydrogens is 282 g/mol. The molecule has 0 fully saturated rings. The number of fused-ring (bicyclic) bond motifs is 1. The van der Waals surface area contributed by atoms with Gasteiger partial charge in [0.2, 0.25) is 12.8 Å². The van der Waals surface area contributed by atoms with Gasteiger partial charge in [-0.1, -0.05) is 0 Å². The second-order valence-electron chi connectivity index (χ2n) is 4.97. The van der Waals surface area contributed by atoms with Crippen LogP contribution in [-0.4, -0.2) is 23.5 Å². The molecular formula is C15H17N5O2. The number of hydrogen-bond donors (Lipinski definition) is 2. The summed E-state index contributed by atoms with van der Waals surface area (Å²) in [5, 5.41) is 7.48. The quantitative estimate of drug-likeness (QED) is 0.508. The number of nitrogens with zero attached hydrogens (tertiary/aromatic N) is 3. The average Bonchev–Trinajstić information content (AvgIpc) is 3.03. The van der Waals surface area contributed by atoms with Crippen molar-refractivity contribution in [2.75, 3.05) is 6.79 Å². The Morgan fingerprint density at radius 3 is 2.73 bits per heavy atom. The Kier molecular flexibility index (Phi) is 3.46. The summed E-state index contributed by atoms with van der Waals surface area (Å²) in [7, 11) is 0. The van der Waals surface area contributed by atoms with Crippen LogP contribution in [0.3, 0.4) is 0 Å². The maximum absolute atomic E-state index is 5.43. The van der Waals surface area contributed by atoms with E-state index in [1.165, 1.54) is 0 Å². The third-order valence-electron chi connectivity index (χ3n) is 3.45. The van der Waals surface area contributed by atoms with Crippen molar-refractivity contribution in [3.05, 3.63) is 41.2 Å². The SMILES string of the molecule is Cc1cc(/C=N/N=C(N)N)c(C)n1-c1ccc2c(c1)OCO2. The fourth-order valence-corrected chi connectivity index (χ4v) is 2.50. The summed E-state index contributed by atoms with van der Waals surface area (Å²) < 4.78 is 12.9. The number of aromatic nitrogens is 1. The summed E-state index contributed by atoms with van der Waals surface area (Å²) in [6, 6.07) is 7.87. The van der Waals surface area contributed by atoms with E-state index in [1.807, 2.05) is 38.1 Å². The van der Waals surface area contributed by atoms with E-state index in [0.29, 0.717) is 0 Å². The van der Waals surface area contributed by atoms with E-state index in [2.05, 4.69) is 14.8 Å². The minimum atomic E-state index is -0.0687. The van der Waals surface area contributed by atoms with Crippen molar-refractivity contribution >= 4 is 12.2 Å². The van der Waals surface area contributed by atoms with Crippen LogP contribution in [0.4, 0.5) is 0 Å². The number of nitrogens with two attached hydrogens (primary N) is 2. The van der Waals surface area contributed by atoms with Gasteiger partial charge in [0.25, 0.3) is 0 Å². The summed E-state index contributed by atoms with van der Waals surface area (Å²) >= 11 is 0. The fraction of sp³-hybridized carbons (Fsp3) is 0.200. The van der Waals surface area contributed by atoms with Gasteiger partial charge in [-0.2, -0.15) is 5.10 Å². The summed E-state index contributed by atoms with van der Waals surface area (Å²) in [4.78, 5) is 0. The first-order valence-electron chi connectivity index (χ1n) is 6.77. The maximum atomic E-state index is 5.43. The van der Waals surface area contributed by atoms with E-state index in [0.717, 1.165) is 34.1 Å². The first kappa shape index (κ1) is 14.0. The highest BCUT2D eigenvalue weighted by Crippen LogP contribution is 2.34. The van der Waals surface area contributed by atoms with Gasteiger partial charge < -0.3 is 25.5 Å². The van der Waals surface area contributed by atoms with Crippen LogP contribution in [0.15, 0.2) is 34.5 Å². The Bertz CT molecular complexity index is 772. The molecule has 3 rings (SSSR count). The topological polar surface area (TPSA) is 100 Å². The minimum Gasteiger partial charge on any atom is -0.454 e. The highest BCUT2D eigenvalue weighted by Gasteiger charge is 2.16. The van der Waals surface area contributed by atoms with E-state index in [4.69, 9.17) is 20.9 Å². The Hall–Kier alpha value is -2.96. The second-order valence-corrected chi connectivity index (χ2v) is 4.97. The lowest BCUT2D eigenvalue weighted by atomic mass is 10.2. The van der Waals surface area contributed by atoms with Crippen molar-refractivity contribution in [2.45, 2.75) is 13.8 Å². The van der Waals surface area contributed by atoms with Crippen molar-refractivity contribution in [3.63, 3.8) is 0 Å². The normalized spacial score (nSPS) is 12.8. The van der Waals surface area contributed by atoms with Crippen molar-refractivity contribution in [1.29, 1.82) is 0 Å². The molecule has 0 saturated heterocycles. The summed E-state index contributed by atoms with van der Waals surface area (Å²) in [5.74, 6) is 1.45. The van der Waals surface area contributed by atoms with Crippen LogP contribution < -0.4 is 20.9 Å². The lowest BCUT2D eigenvalue weighted by Gasteiger charge is -2.10. The standard InChI is InChI=1S/C15H17N5O2/c1-9-5-11(7-18-19-15(16)17)10(2)20(9)12-3-4-13-14(6-12)22-8-21-13/h3-7H,8H2,1-2H3,(H4,16,17,19)/b18-7+. The van der Waals surface area contributed by atoms with Gasteiger partial charge in [0.15, 0.2) is 11.5 Å². The van der Waals surface area contributed by atoms with Crippen LogP contribution in [0, 0.1) is 13.8 Å². The highest BCUT2D eigenvalue weighted by molar-refractivity contribution is 5.83. The molecule has 1 aromatic carbocycles. The van der Waals surface area contributed by atoms with Crippen LogP contribution >= 0.6 is 0 Å². The number of benzene rings is 1. The fourth-order valence-electron chi connectivity index (χ4n) is 2.50. The molecule has 22 heavy (non-hydrogen) atoms. The van der Waals surface area contributed by atoms with E-state index in [-0.39, 0.29) is 12.8 Å². The zero-order valence-electron chi connectivity index (χ0n) is 12.4. The summed E-state index contributed by atoms with van der Waals surface area (Å²) in [6.45, 7) is 4.29. The van der Waals surface area contributed by atoms with Crippen LogP contribution in [-0.2, 0) is 0 Å². The van der Waals surface area contributed by atoms with E-state index < -0.39 is 0 Å². The molecule has 7 heteroatoms. The van der Waals surface area contributed by atoms with Gasteiger partial charge in [-0.3, -0.25) is 0 Å². The van der Waals surface area contributed by atoms with Crippen molar-refractivity contribution in [2.24, 2.45) is 21.7 Å². The molecule has 2 aromatic rings. The van der Waals surface area contributed by atoms with Crippen molar-refractivity contribution in [1.82, 2.24) is 4.57 Å².